The first-order valence-electron chi connectivity index (χ1n) is 6.38. The van der Waals surface area contributed by atoms with Crippen LogP contribution < -0.4 is 11.1 Å². The molecule has 1 aromatic carbocycles. The summed E-state index contributed by atoms with van der Waals surface area (Å²) in [4.78, 5) is 13.9. The summed E-state index contributed by atoms with van der Waals surface area (Å²) in [5, 5.41) is 2.85. The molecular formula is C14H23N3O. The van der Waals surface area contributed by atoms with Crippen molar-refractivity contribution in [2.45, 2.75) is 32.7 Å². The molecule has 1 unspecified atom stereocenters. The molecule has 1 amide bonds. The van der Waals surface area contributed by atoms with Crippen LogP contribution in [0.3, 0.4) is 0 Å². The van der Waals surface area contributed by atoms with Crippen molar-refractivity contribution in [2.75, 3.05) is 24.6 Å². The Labute approximate surface area is 109 Å². The monoisotopic (exact) mass is 249 g/mol. The van der Waals surface area contributed by atoms with E-state index in [0.717, 1.165) is 18.5 Å². The lowest BCUT2D eigenvalue weighted by atomic mass is 10.2. The molecule has 0 spiro atoms. The summed E-state index contributed by atoms with van der Waals surface area (Å²) in [7, 11) is 1.97. The number of nitrogen functional groups attached to an aromatic ring is 1. The molecule has 0 fully saturated rings. The molecule has 100 valence electrons. The maximum Gasteiger partial charge on any atom is 0.238 e. The number of amides is 1. The molecule has 3 N–H and O–H groups in total. The van der Waals surface area contributed by atoms with Gasteiger partial charge in [-0.3, -0.25) is 9.69 Å². The lowest BCUT2D eigenvalue weighted by Gasteiger charge is -2.23. The molecule has 0 aromatic heterocycles. The van der Waals surface area contributed by atoms with Crippen LogP contribution in [0.25, 0.3) is 0 Å². The maximum atomic E-state index is 11.8. The molecule has 0 radical (unpaired) electrons. The fraction of sp³-hybridized carbons (Fsp3) is 0.500. The fourth-order valence-corrected chi connectivity index (χ4v) is 1.84. The average molecular weight is 249 g/mol. The van der Waals surface area contributed by atoms with Gasteiger partial charge in [0, 0.05) is 17.4 Å². The number of likely N-dealkylation sites (N-methyl/N-ethyl adjacent to an activating group) is 1. The molecule has 0 saturated carbocycles. The largest absolute Gasteiger partial charge is 0.399 e. The van der Waals surface area contributed by atoms with E-state index in [1.54, 1.807) is 12.1 Å². The number of nitrogens with zero attached hydrogens (tertiary/aromatic N) is 1. The van der Waals surface area contributed by atoms with Crippen LogP contribution in [0, 0.1) is 0 Å². The zero-order chi connectivity index (χ0) is 13.5. The van der Waals surface area contributed by atoms with Crippen molar-refractivity contribution in [2.24, 2.45) is 0 Å². The number of hydrogen-bond acceptors (Lipinski definition) is 3. The quantitative estimate of drug-likeness (QED) is 0.761. The molecule has 0 bridgehead atoms. The summed E-state index contributed by atoms with van der Waals surface area (Å²) < 4.78 is 0. The van der Waals surface area contributed by atoms with Gasteiger partial charge in [-0.2, -0.15) is 0 Å². The predicted octanol–water partition coefficient (Wildman–Crippen LogP) is 2.33. The minimum absolute atomic E-state index is 0.00828. The second-order valence-corrected chi connectivity index (χ2v) is 4.73. The third-order valence-electron chi connectivity index (χ3n) is 3.02. The zero-order valence-electron chi connectivity index (χ0n) is 11.4. The van der Waals surface area contributed by atoms with E-state index in [1.807, 2.05) is 19.2 Å². The average Bonchev–Trinajstić information content (AvgIpc) is 2.28. The van der Waals surface area contributed by atoms with Gasteiger partial charge in [0.25, 0.3) is 0 Å². The molecule has 0 aliphatic heterocycles. The van der Waals surface area contributed by atoms with Crippen molar-refractivity contribution >= 4 is 17.3 Å². The Balaban J connectivity index is 2.46. The Bertz CT molecular complexity index is 392. The first-order chi connectivity index (χ1) is 8.52. The summed E-state index contributed by atoms with van der Waals surface area (Å²) >= 11 is 0. The van der Waals surface area contributed by atoms with Crippen molar-refractivity contribution in [1.29, 1.82) is 0 Å². The van der Waals surface area contributed by atoms with Crippen LogP contribution in [-0.2, 0) is 4.79 Å². The molecule has 0 aliphatic carbocycles. The molecule has 1 aromatic rings. The van der Waals surface area contributed by atoms with Crippen LogP contribution in [-0.4, -0.2) is 30.4 Å². The highest BCUT2D eigenvalue weighted by Gasteiger charge is 2.12. The Hall–Kier alpha value is -1.55. The van der Waals surface area contributed by atoms with E-state index in [9.17, 15) is 4.79 Å². The normalized spacial score (nSPS) is 12.4. The third kappa shape index (κ3) is 4.75. The van der Waals surface area contributed by atoms with E-state index in [0.29, 0.717) is 18.3 Å². The number of rotatable bonds is 6. The second-order valence-electron chi connectivity index (χ2n) is 4.73. The number of nitrogens with one attached hydrogen (secondary N) is 1. The van der Waals surface area contributed by atoms with Crippen molar-refractivity contribution in [1.82, 2.24) is 4.90 Å². The van der Waals surface area contributed by atoms with Gasteiger partial charge >= 0.3 is 0 Å². The van der Waals surface area contributed by atoms with Gasteiger partial charge in [0.15, 0.2) is 0 Å². The summed E-state index contributed by atoms with van der Waals surface area (Å²) in [6, 6.07) is 7.64. The molecule has 0 saturated heterocycles. The van der Waals surface area contributed by atoms with Gasteiger partial charge in [0.1, 0.15) is 0 Å². The number of carbonyl (C=O) groups is 1. The van der Waals surface area contributed by atoms with E-state index in [4.69, 9.17) is 5.73 Å². The number of carbonyl (C=O) groups excluding carboxylic acids is 1. The van der Waals surface area contributed by atoms with E-state index >= 15 is 0 Å². The Kier molecular flexibility index (Phi) is 5.65. The Morgan fingerprint density at radius 3 is 2.83 bits per heavy atom. The molecule has 0 heterocycles. The van der Waals surface area contributed by atoms with Gasteiger partial charge in [0.05, 0.1) is 6.54 Å². The lowest BCUT2D eigenvalue weighted by Crippen LogP contribution is -2.36. The van der Waals surface area contributed by atoms with Gasteiger partial charge in [-0.15, -0.1) is 0 Å². The molecule has 1 rings (SSSR count). The van der Waals surface area contributed by atoms with Crippen LogP contribution in [0.15, 0.2) is 24.3 Å². The van der Waals surface area contributed by atoms with E-state index in [1.165, 1.54) is 0 Å². The molecule has 0 aliphatic rings. The highest BCUT2D eigenvalue weighted by Crippen LogP contribution is 2.12. The smallest absolute Gasteiger partial charge is 0.238 e. The SMILES string of the molecule is CCCC(C)N(C)CC(=O)Nc1cccc(N)c1. The summed E-state index contributed by atoms with van der Waals surface area (Å²) in [5.41, 5.74) is 7.06. The van der Waals surface area contributed by atoms with Crippen LogP contribution in [0.1, 0.15) is 26.7 Å². The zero-order valence-corrected chi connectivity index (χ0v) is 11.4. The molecular weight excluding hydrogens is 226 g/mol. The minimum atomic E-state index is -0.00828. The fourth-order valence-electron chi connectivity index (χ4n) is 1.84. The molecule has 4 nitrogen and oxygen atoms in total. The molecule has 4 heteroatoms. The first-order valence-corrected chi connectivity index (χ1v) is 6.38. The van der Waals surface area contributed by atoms with Crippen LogP contribution in [0.5, 0.6) is 0 Å². The van der Waals surface area contributed by atoms with Crippen LogP contribution >= 0.6 is 0 Å². The van der Waals surface area contributed by atoms with Gasteiger partial charge in [-0.1, -0.05) is 19.4 Å². The molecule has 1 atom stereocenters. The van der Waals surface area contributed by atoms with Crippen molar-refractivity contribution < 1.29 is 4.79 Å². The second kappa shape index (κ2) is 7.01. The first kappa shape index (κ1) is 14.5. The van der Waals surface area contributed by atoms with Gasteiger partial charge < -0.3 is 11.1 Å². The predicted molar refractivity (Wildman–Crippen MR) is 76.5 cm³/mol. The van der Waals surface area contributed by atoms with Crippen molar-refractivity contribution in [3.8, 4) is 0 Å². The van der Waals surface area contributed by atoms with E-state index in [2.05, 4.69) is 24.1 Å². The highest BCUT2D eigenvalue weighted by atomic mass is 16.2. The number of nitrogens with two attached hydrogens (primary N) is 1. The Morgan fingerprint density at radius 1 is 1.50 bits per heavy atom. The minimum Gasteiger partial charge on any atom is -0.399 e. The maximum absolute atomic E-state index is 11.8. The lowest BCUT2D eigenvalue weighted by molar-refractivity contribution is -0.117. The highest BCUT2D eigenvalue weighted by molar-refractivity contribution is 5.92. The van der Waals surface area contributed by atoms with Crippen LogP contribution in [0.2, 0.25) is 0 Å². The summed E-state index contributed by atoms with van der Waals surface area (Å²) in [5.74, 6) is -0.00828. The summed E-state index contributed by atoms with van der Waals surface area (Å²) in [6.07, 6.45) is 2.23. The van der Waals surface area contributed by atoms with E-state index < -0.39 is 0 Å². The van der Waals surface area contributed by atoms with Crippen LogP contribution in [0.4, 0.5) is 11.4 Å². The third-order valence-corrected chi connectivity index (χ3v) is 3.02. The van der Waals surface area contributed by atoms with Gasteiger partial charge in [-0.25, -0.2) is 0 Å². The van der Waals surface area contributed by atoms with Gasteiger partial charge in [0.2, 0.25) is 5.91 Å². The van der Waals surface area contributed by atoms with E-state index in [-0.39, 0.29) is 5.91 Å². The van der Waals surface area contributed by atoms with Crippen molar-refractivity contribution in [3.63, 3.8) is 0 Å². The Morgan fingerprint density at radius 2 is 2.22 bits per heavy atom. The topological polar surface area (TPSA) is 58.4 Å². The number of anilines is 2. The molecule has 18 heavy (non-hydrogen) atoms. The number of hydrogen-bond donors (Lipinski definition) is 2. The standard InChI is InChI=1S/C14H23N3O/c1-4-6-11(2)17(3)10-14(18)16-13-8-5-7-12(15)9-13/h5,7-9,11H,4,6,10,15H2,1-3H3,(H,16,18). The van der Waals surface area contributed by atoms with Crippen molar-refractivity contribution in [3.05, 3.63) is 24.3 Å². The number of benzene rings is 1. The van der Waals surface area contributed by atoms with Gasteiger partial charge in [-0.05, 0) is 38.6 Å². The summed E-state index contributed by atoms with van der Waals surface area (Å²) in [6.45, 7) is 4.68.